The molecule has 5 aliphatic rings. The third kappa shape index (κ3) is 9.52. The fourth-order valence-corrected chi connectivity index (χ4v) is 13.0. The van der Waals surface area contributed by atoms with E-state index in [1.807, 2.05) is 80.1 Å². The summed E-state index contributed by atoms with van der Waals surface area (Å²) in [5.74, 6) is -0.320. The van der Waals surface area contributed by atoms with Crippen molar-refractivity contribution in [2.45, 2.75) is 115 Å². The maximum Gasteiger partial charge on any atom is 0.319 e. The normalized spacial score (nSPS) is 21.3. The number of amides is 2. The van der Waals surface area contributed by atoms with Crippen LogP contribution in [0.15, 0.2) is 79.3 Å². The highest BCUT2D eigenvalue weighted by atomic mass is 35.5. The second-order valence-corrected chi connectivity index (χ2v) is 22.6. The second-order valence-electron chi connectivity index (χ2n) is 22.3. The van der Waals surface area contributed by atoms with Gasteiger partial charge in [0.05, 0.1) is 72.0 Å². The van der Waals surface area contributed by atoms with Gasteiger partial charge < -0.3 is 49.6 Å². The van der Waals surface area contributed by atoms with E-state index in [4.69, 9.17) is 40.5 Å². The molecular formula is C59H63ClFN13O8. The van der Waals surface area contributed by atoms with Gasteiger partial charge in [-0.15, -0.1) is 5.10 Å². The van der Waals surface area contributed by atoms with Crippen LogP contribution in [0.5, 0.6) is 17.5 Å². The lowest BCUT2D eigenvalue weighted by Crippen LogP contribution is -2.53. The van der Waals surface area contributed by atoms with Gasteiger partial charge in [-0.2, -0.15) is 20.2 Å². The first kappa shape index (κ1) is 53.5. The molecular weight excluding hydrogens is 1070 g/mol. The molecule has 4 aromatic heterocycles. The van der Waals surface area contributed by atoms with Crippen LogP contribution >= 0.6 is 11.6 Å². The molecule has 21 nitrogen and oxygen atoms in total. The molecule has 0 saturated carbocycles. The minimum absolute atomic E-state index is 0.0285. The van der Waals surface area contributed by atoms with E-state index in [0.29, 0.717) is 112 Å². The summed E-state index contributed by atoms with van der Waals surface area (Å²) in [6, 6.07) is 16.3. The minimum Gasteiger partial charge on any atom is -0.489 e. The van der Waals surface area contributed by atoms with Gasteiger partial charge in [-0.3, -0.25) is 19.4 Å². The van der Waals surface area contributed by atoms with Crippen molar-refractivity contribution in [3.8, 4) is 51.2 Å². The number of aliphatic hydroxyl groups excluding tert-OH is 2. The van der Waals surface area contributed by atoms with Crippen LogP contribution in [0.25, 0.3) is 55.4 Å². The molecule has 0 aliphatic carbocycles. The summed E-state index contributed by atoms with van der Waals surface area (Å²) in [5.41, 5.74) is 6.63. The quantitative estimate of drug-likeness (QED) is 0.0662. The van der Waals surface area contributed by atoms with E-state index in [0.717, 1.165) is 29.8 Å². The maximum atomic E-state index is 16.1. The van der Waals surface area contributed by atoms with Crippen molar-refractivity contribution < 1.29 is 43.1 Å². The number of benzene rings is 4. The van der Waals surface area contributed by atoms with Crippen LogP contribution in [-0.4, -0.2) is 148 Å². The number of carbonyl (C=O) groups excluding carboxylic acids is 2. The van der Waals surface area contributed by atoms with E-state index in [1.165, 1.54) is 15.6 Å². The molecule has 82 heavy (non-hydrogen) atoms. The lowest BCUT2D eigenvalue weighted by molar-refractivity contribution is -0.142. The number of aryl methyl sites for hydroxylation is 1. The van der Waals surface area contributed by atoms with Gasteiger partial charge in [0.2, 0.25) is 11.8 Å². The number of anilines is 1. The number of rotatable bonds is 16. The first-order valence-corrected chi connectivity index (χ1v) is 28.5. The zero-order valence-electron chi connectivity index (χ0n) is 45.8. The zero-order valence-corrected chi connectivity index (χ0v) is 46.5. The van der Waals surface area contributed by atoms with Gasteiger partial charge >= 0.3 is 6.01 Å². The molecule has 7 atom stereocenters. The van der Waals surface area contributed by atoms with Gasteiger partial charge in [-0.25, -0.2) is 9.07 Å². The van der Waals surface area contributed by atoms with E-state index in [2.05, 4.69) is 41.1 Å². The highest BCUT2D eigenvalue weighted by Crippen LogP contribution is 2.55. The molecule has 23 heteroatoms. The first-order chi connectivity index (χ1) is 39.8. The number of piperazine rings is 1. The minimum atomic E-state index is -0.997. The number of hydrogen-bond acceptors (Lipinski definition) is 16. The molecule has 2 bridgehead atoms. The lowest BCUT2D eigenvalue weighted by atomic mass is 9.93. The van der Waals surface area contributed by atoms with E-state index in [9.17, 15) is 19.8 Å². The number of nitrogens with zero attached hydrogens (tertiary/aromatic N) is 10. The average molecular weight is 1140 g/mol. The lowest BCUT2D eigenvalue weighted by Gasteiger charge is -2.35. The zero-order chi connectivity index (χ0) is 56.5. The molecule has 4 aromatic carbocycles. The molecule has 426 valence electrons. The molecule has 4 fully saturated rings. The Morgan fingerprint density at radius 1 is 1.02 bits per heavy atom. The Labute approximate surface area is 476 Å². The number of β-amino-alcohol motifs (C(OH)–C–C–N with tert-alkyl or cyclic N) is 1. The predicted molar refractivity (Wildman–Crippen MR) is 302 cm³/mol. The van der Waals surface area contributed by atoms with Crippen LogP contribution in [0.2, 0.25) is 5.02 Å². The summed E-state index contributed by atoms with van der Waals surface area (Å²) in [5, 5.41) is 49.9. The van der Waals surface area contributed by atoms with Crippen molar-refractivity contribution in [3.05, 3.63) is 107 Å². The van der Waals surface area contributed by atoms with Crippen LogP contribution in [0.1, 0.15) is 75.2 Å². The van der Waals surface area contributed by atoms with Crippen LogP contribution in [0.4, 0.5) is 10.2 Å². The molecule has 5 N–H and O–H groups in total. The van der Waals surface area contributed by atoms with Crippen molar-refractivity contribution in [2.24, 2.45) is 5.92 Å². The first-order valence-electron chi connectivity index (χ1n) is 28.1. The highest BCUT2D eigenvalue weighted by Gasteiger charge is 2.50. The van der Waals surface area contributed by atoms with Crippen molar-refractivity contribution in [2.75, 3.05) is 44.4 Å². The fourth-order valence-electron chi connectivity index (χ4n) is 12.7. The molecule has 2 amide bonds. The summed E-state index contributed by atoms with van der Waals surface area (Å²) in [4.78, 5) is 42.7. The van der Waals surface area contributed by atoms with Gasteiger partial charge in [-0.1, -0.05) is 79.2 Å². The molecule has 4 saturated heterocycles. The third-order valence-electron chi connectivity index (χ3n) is 16.9. The smallest absolute Gasteiger partial charge is 0.319 e. The summed E-state index contributed by atoms with van der Waals surface area (Å²) in [6.07, 6.45) is 6.28. The monoisotopic (exact) mass is 1140 g/mol. The predicted octanol–water partition coefficient (Wildman–Crippen LogP) is 6.87. The maximum absolute atomic E-state index is 16.1. The van der Waals surface area contributed by atoms with E-state index in [1.54, 1.807) is 25.5 Å². The summed E-state index contributed by atoms with van der Waals surface area (Å²) >= 11 is 7.63. The van der Waals surface area contributed by atoms with Gasteiger partial charge in [-0.05, 0) is 60.6 Å². The molecule has 0 unspecified atom stereocenters. The number of ether oxygens (including phenoxy) is 4. The Kier molecular flexibility index (Phi) is 14.3. The molecule has 13 rings (SSSR count). The standard InChI is InChI=1S/C59H63ClFN13O8/c1-5-72-45(14-17-64-72)35-12-10-34(11-13-35)44(27-75)65-57(77)46-21-37(76)25-71(46)58(78)53(30(2)3)73-26-43(69-70-73)33-8-6-32(7-9-33)28-80-55-49(48-31(4)40(61)22-41-39(48)24-63-68-41)51(60)54-50-52(55)66-59(82-38-15-18-79-19-16-38)67-56(50)74-36-20-42(62-23-36)47(74)29-81-54/h6-14,17,22,24,26,30,36-38,42,44,46-47,53,62,75-76H,5,15-16,18-21,23,25,27-29H2,1-4H3,(H,63,68)(H,65,77)/t36-,37+,42-,44-,46-,47+,53-/m0/s1. The number of halogens is 2. The second kappa shape index (κ2) is 21.9. The highest BCUT2D eigenvalue weighted by molar-refractivity contribution is 6.38. The number of likely N-dealkylation sites (tertiary alicyclic amines) is 1. The molecule has 9 heterocycles. The van der Waals surface area contributed by atoms with E-state index >= 15 is 4.39 Å². The Balaban J connectivity index is 0.782. The van der Waals surface area contributed by atoms with Gasteiger partial charge in [0.1, 0.15) is 54.2 Å². The number of H-pyrrole nitrogens is 1. The van der Waals surface area contributed by atoms with Crippen molar-refractivity contribution in [1.82, 2.24) is 60.5 Å². The summed E-state index contributed by atoms with van der Waals surface area (Å²) in [7, 11) is 0. The number of aliphatic hydroxyl groups is 2. The summed E-state index contributed by atoms with van der Waals surface area (Å²) in [6.45, 7) is 10.0. The number of nitrogens with one attached hydrogen (secondary N) is 3. The largest absolute Gasteiger partial charge is 0.489 e. The van der Waals surface area contributed by atoms with Crippen LogP contribution < -0.4 is 29.7 Å². The van der Waals surface area contributed by atoms with Crippen LogP contribution in [0, 0.1) is 18.7 Å². The van der Waals surface area contributed by atoms with E-state index in [-0.39, 0.29) is 67.4 Å². The van der Waals surface area contributed by atoms with Crippen molar-refractivity contribution >= 4 is 51.0 Å². The fraction of sp³-hybridized carbons (Fsp3) is 0.424. The summed E-state index contributed by atoms with van der Waals surface area (Å²) < 4.78 is 45.5. The Hall–Kier alpha value is -7.76. The van der Waals surface area contributed by atoms with Gasteiger partial charge in [0, 0.05) is 79.3 Å². The number of fused-ring (bicyclic) bond motifs is 7. The van der Waals surface area contributed by atoms with Crippen molar-refractivity contribution in [3.63, 3.8) is 0 Å². The topological polar surface area (TPSA) is 245 Å². The van der Waals surface area contributed by atoms with Crippen molar-refractivity contribution in [1.29, 1.82) is 0 Å². The Morgan fingerprint density at radius 2 is 1.82 bits per heavy atom. The molecule has 5 aliphatic heterocycles. The van der Waals surface area contributed by atoms with Crippen LogP contribution in [-0.2, 0) is 27.5 Å². The molecule has 0 spiro atoms. The number of hydrogen-bond donors (Lipinski definition) is 5. The third-order valence-corrected chi connectivity index (χ3v) is 17.3. The Morgan fingerprint density at radius 3 is 2.59 bits per heavy atom. The molecule has 0 radical (unpaired) electrons. The number of carbonyl (C=O) groups is 2. The SMILES string of the molecule is CCn1nccc1-c1ccc([C@H](CO)NC(=O)[C@@H]2C[C@@H](O)CN2C(=O)[C@H](C(C)C)n2cc(-c3ccc(COc4c(-c5c(C)c(F)cc6[nH]ncc56)c(Cl)c5c6c(nc(OC7CCOCC7)nc46)N4[C@@H]6CN[C@@H](C6)[C@H]4CO5)cc3)nn2)cc1. The molecule has 8 aromatic rings. The van der Waals surface area contributed by atoms with E-state index < -0.39 is 41.9 Å². The van der Waals surface area contributed by atoms with Crippen LogP contribution in [0.3, 0.4) is 0 Å². The number of aromatic nitrogens is 9. The number of aromatic amines is 1. The van der Waals surface area contributed by atoms with Gasteiger partial charge in [0.25, 0.3) is 0 Å². The Bertz CT molecular complexity index is 3720. The average Bonchev–Trinajstić information content (AvgIpc) is 4.58. The van der Waals surface area contributed by atoms with Gasteiger partial charge in [0.15, 0.2) is 11.5 Å².